The van der Waals surface area contributed by atoms with Gasteiger partial charge in [0.05, 0.1) is 16.6 Å². The molecule has 0 bridgehead atoms. The largest absolute Gasteiger partial charge is 0.404 e. The highest BCUT2D eigenvalue weighted by Gasteiger charge is 2.07. The summed E-state index contributed by atoms with van der Waals surface area (Å²) in [5, 5.41) is 4.82. The van der Waals surface area contributed by atoms with Crippen LogP contribution < -0.4 is 5.63 Å². The third-order valence-corrected chi connectivity index (χ3v) is 2.35. The Bertz CT molecular complexity index is 709. The molecule has 0 atom stereocenters. The van der Waals surface area contributed by atoms with Gasteiger partial charge in [-0.1, -0.05) is 12.1 Å². The molecule has 0 aliphatic carbocycles. The van der Waals surface area contributed by atoms with Crippen LogP contribution in [0.3, 0.4) is 0 Å². The number of rotatable bonds is 0. The van der Waals surface area contributed by atoms with Gasteiger partial charge in [-0.15, -0.1) is 0 Å². The average molecular weight is 200 g/mol. The number of aromatic nitrogens is 2. The molecule has 0 fully saturated rings. The first-order chi connectivity index (χ1) is 7.25. The molecule has 4 heteroatoms. The van der Waals surface area contributed by atoms with E-state index in [9.17, 15) is 4.79 Å². The van der Waals surface area contributed by atoms with Gasteiger partial charge in [0.2, 0.25) is 5.71 Å². The first-order valence-electron chi connectivity index (χ1n) is 4.64. The minimum absolute atomic E-state index is 0.321. The molecule has 2 heterocycles. The summed E-state index contributed by atoms with van der Waals surface area (Å²) in [4.78, 5) is 11.6. The van der Waals surface area contributed by atoms with Crippen LogP contribution in [-0.4, -0.2) is 9.61 Å². The molecule has 0 aliphatic heterocycles. The molecule has 3 rings (SSSR count). The SMILES string of the molecule is Cc1cc2oc(=O)c3ccccc3n2n1. The second-order valence-electron chi connectivity index (χ2n) is 3.44. The Labute approximate surface area is 84.8 Å². The molecule has 0 N–H and O–H groups in total. The van der Waals surface area contributed by atoms with Crippen molar-refractivity contribution < 1.29 is 4.42 Å². The van der Waals surface area contributed by atoms with Crippen LogP contribution in [0.15, 0.2) is 39.5 Å². The Hall–Kier alpha value is -2.10. The molecule has 0 saturated carbocycles. The van der Waals surface area contributed by atoms with Crippen LogP contribution in [0.5, 0.6) is 0 Å². The van der Waals surface area contributed by atoms with E-state index in [0.29, 0.717) is 11.1 Å². The molecule has 0 aliphatic rings. The molecule has 0 unspecified atom stereocenters. The first kappa shape index (κ1) is 8.23. The van der Waals surface area contributed by atoms with Crippen LogP contribution in [0, 0.1) is 6.92 Å². The number of para-hydroxylation sites is 1. The van der Waals surface area contributed by atoms with Gasteiger partial charge >= 0.3 is 5.63 Å². The fourth-order valence-electron chi connectivity index (χ4n) is 1.70. The standard InChI is InChI=1S/C11H8N2O2/c1-7-6-10-13(12-7)9-5-3-2-4-8(9)11(14)15-10/h2-6H,1H3. The van der Waals surface area contributed by atoms with Crippen molar-refractivity contribution in [1.29, 1.82) is 0 Å². The molecule has 0 spiro atoms. The van der Waals surface area contributed by atoms with Gasteiger partial charge in [-0.3, -0.25) is 0 Å². The van der Waals surface area contributed by atoms with Gasteiger partial charge in [0.1, 0.15) is 0 Å². The summed E-state index contributed by atoms with van der Waals surface area (Å²) in [5.41, 5.74) is 1.76. The van der Waals surface area contributed by atoms with Crippen LogP contribution >= 0.6 is 0 Å². The molecule has 15 heavy (non-hydrogen) atoms. The summed E-state index contributed by atoms with van der Waals surface area (Å²) >= 11 is 0. The van der Waals surface area contributed by atoms with Crippen LogP contribution in [0.2, 0.25) is 0 Å². The predicted molar refractivity (Wildman–Crippen MR) is 56.0 cm³/mol. The smallest absolute Gasteiger partial charge is 0.347 e. The van der Waals surface area contributed by atoms with Crippen molar-refractivity contribution in [2.24, 2.45) is 0 Å². The van der Waals surface area contributed by atoms with Crippen molar-refractivity contribution in [3.05, 3.63) is 46.4 Å². The second-order valence-corrected chi connectivity index (χ2v) is 3.44. The molecule has 1 aromatic carbocycles. The van der Waals surface area contributed by atoms with E-state index in [-0.39, 0.29) is 5.63 Å². The Kier molecular flexibility index (Phi) is 1.48. The maximum absolute atomic E-state index is 11.6. The highest BCUT2D eigenvalue weighted by Crippen LogP contribution is 2.13. The highest BCUT2D eigenvalue weighted by atomic mass is 16.4. The molecule has 0 radical (unpaired) electrons. The molecular weight excluding hydrogens is 192 g/mol. The van der Waals surface area contributed by atoms with Crippen LogP contribution in [0.25, 0.3) is 16.6 Å². The van der Waals surface area contributed by atoms with Gasteiger partial charge in [-0.2, -0.15) is 9.61 Å². The highest BCUT2D eigenvalue weighted by molar-refractivity contribution is 5.79. The molecule has 74 valence electrons. The van der Waals surface area contributed by atoms with E-state index >= 15 is 0 Å². The zero-order valence-electron chi connectivity index (χ0n) is 8.10. The number of hydrogen-bond acceptors (Lipinski definition) is 3. The van der Waals surface area contributed by atoms with Crippen LogP contribution in [0.1, 0.15) is 5.69 Å². The minimum Gasteiger partial charge on any atom is -0.404 e. The van der Waals surface area contributed by atoms with Crippen molar-refractivity contribution >= 4 is 16.6 Å². The normalized spacial score (nSPS) is 11.3. The Morgan fingerprint density at radius 3 is 3.00 bits per heavy atom. The number of hydrogen-bond donors (Lipinski definition) is 0. The number of benzene rings is 1. The lowest BCUT2D eigenvalue weighted by Gasteiger charge is -1.97. The van der Waals surface area contributed by atoms with E-state index in [4.69, 9.17) is 4.42 Å². The van der Waals surface area contributed by atoms with E-state index in [1.54, 1.807) is 22.7 Å². The number of aryl methyl sites for hydroxylation is 1. The van der Waals surface area contributed by atoms with Crippen molar-refractivity contribution in [2.75, 3.05) is 0 Å². The zero-order valence-corrected chi connectivity index (χ0v) is 8.10. The quantitative estimate of drug-likeness (QED) is 0.555. The summed E-state index contributed by atoms with van der Waals surface area (Å²) in [6.07, 6.45) is 0. The molecular formula is C11H8N2O2. The molecule has 2 aromatic heterocycles. The van der Waals surface area contributed by atoms with Crippen molar-refractivity contribution in [2.45, 2.75) is 6.92 Å². The van der Waals surface area contributed by atoms with Crippen molar-refractivity contribution in [3.63, 3.8) is 0 Å². The third-order valence-electron chi connectivity index (χ3n) is 2.35. The lowest BCUT2D eigenvalue weighted by atomic mass is 10.2. The van der Waals surface area contributed by atoms with E-state index in [1.165, 1.54) is 0 Å². The predicted octanol–water partition coefficient (Wildman–Crippen LogP) is 1.75. The summed E-state index contributed by atoms with van der Waals surface area (Å²) < 4.78 is 6.79. The van der Waals surface area contributed by atoms with Gasteiger partial charge in [0.15, 0.2) is 0 Å². The van der Waals surface area contributed by atoms with E-state index in [2.05, 4.69) is 5.10 Å². The molecule has 3 aromatic rings. The number of fused-ring (bicyclic) bond motifs is 3. The topological polar surface area (TPSA) is 47.5 Å². The zero-order chi connectivity index (χ0) is 10.4. The fraction of sp³-hybridized carbons (Fsp3) is 0.0909. The van der Waals surface area contributed by atoms with Crippen molar-refractivity contribution in [1.82, 2.24) is 9.61 Å². The lowest BCUT2D eigenvalue weighted by Crippen LogP contribution is -2.03. The maximum atomic E-state index is 11.6. The van der Waals surface area contributed by atoms with Gasteiger partial charge in [-0.25, -0.2) is 4.79 Å². The van der Waals surface area contributed by atoms with E-state index in [1.807, 2.05) is 19.1 Å². The summed E-state index contributed by atoms with van der Waals surface area (Å²) in [6, 6.07) is 9.01. The van der Waals surface area contributed by atoms with Crippen LogP contribution in [-0.2, 0) is 0 Å². The summed E-state index contributed by atoms with van der Waals surface area (Å²) in [6.45, 7) is 1.86. The van der Waals surface area contributed by atoms with E-state index in [0.717, 1.165) is 11.2 Å². The molecule has 0 amide bonds. The van der Waals surface area contributed by atoms with Crippen molar-refractivity contribution in [3.8, 4) is 0 Å². The second kappa shape index (κ2) is 2.70. The van der Waals surface area contributed by atoms with Gasteiger partial charge in [0, 0.05) is 6.07 Å². The van der Waals surface area contributed by atoms with Gasteiger partial charge in [-0.05, 0) is 19.1 Å². The minimum atomic E-state index is -0.321. The fourth-order valence-corrected chi connectivity index (χ4v) is 1.70. The monoisotopic (exact) mass is 200 g/mol. The molecule has 0 saturated heterocycles. The maximum Gasteiger partial charge on any atom is 0.347 e. The van der Waals surface area contributed by atoms with E-state index < -0.39 is 0 Å². The van der Waals surface area contributed by atoms with Gasteiger partial charge < -0.3 is 4.42 Å². The summed E-state index contributed by atoms with van der Waals surface area (Å²) in [5.74, 6) is 0. The first-order valence-corrected chi connectivity index (χ1v) is 4.64. The Morgan fingerprint density at radius 2 is 2.13 bits per heavy atom. The number of nitrogens with zero attached hydrogens (tertiary/aromatic N) is 2. The summed E-state index contributed by atoms with van der Waals surface area (Å²) in [7, 11) is 0. The van der Waals surface area contributed by atoms with Crippen LogP contribution in [0.4, 0.5) is 0 Å². The Balaban J connectivity index is 2.69. The third kappa shape index (κ3) is 1.08. The Morgan fingerprint density at radius 1 is 1.33 bits per heavy atom. The molecule has 4 nitrogen and oxygen atoms in total. The van der Waals surface area contributed by atoms with Gasteiger partial charge in [0.25, 0.3) is 0 Å². The average Bonchev–Trinajstić information content (AvgIpc) is 2.59. The lowest BCUT2D eigenvalue weighted by molar-refractivity contribution is 0.543.